The van der Waals surface area contributed by atoms with Crippen molar-refractivity contribution in [1.82, 2.24) is 14.6 Å². The topological polar surface area (TPSA) is 56.2 Å². The Morgan fingerprint density at radius 1 is 1.40 bits per heavy atom. The van der Waals surface area contributed by atoms with Crippen LogP contribution in [0.5, 0.6) is 0 Å². The number of aromatic nitrogens is 3. The molecule has 2 aromatic heterocycles. The summed E-state index contributed by atoms with van der Waals surface area (Å²) in [6.45, 7) is 6.47. The van der Waals surface area contributed by atoms with E-state index >= 15 is 0 Å². The van der Waals surface area contributed by atoms with Crippen molar-refractivity contribution in [3.8, 4) is 0 Å². The Kier molecular flexibility index (Phi) is 2.37. The van der Waals surface area contributed by atoms with Gasteiger partial charge in [0.05, 0.1) is 0 Å². The quantitative estimate of drug-likeness (QED) is 0.758. The molecule has 0 saturated carbocycles. The molecule has 4 nitrogen and oxygen atoms in total. The molecule has 0 unspecified atom stereocenters. The molecule has 0 aliphatic rings. The van der Waals surface area contributed by atoms with Crippen LogP contribution in [-0.2, 0) is 5.41 Å². The molecule has 2 N–H and O–H groups in total. The number of fused-ring (bicyclic) bond motifs is 1. The SMILES string of the molecule is CC(C)(C)c1cc(I)n2ncnc(N)c12. The third-order valence-electron chi connectivity index (χ3n) is 2.35. The van der Waals surface area contributed by atoms with Crippen molar-refractivity contribution < 1.29 is 0 Å². The first kappa shape index (κ1) is 10.7. The van der Waals surface area contributed by atoms with Crippen molar-refractivity contribution in [3.63, 3.8) is 0 Å². The average molecular weight is 316 g/mol. The molecule has 2 aromatic rings. The fraction of sp³-hybridized carbons (Fsp3) is 0.400. The van der Waals surface area contributed by atoms with Gasteiger partial charge in [0.15, 0.2) is 5.82 Å². The van der Waals surface area contributed by atoms with E-state index in [1.165, 1.54) is 11.9 Å². The summed E-state index contributed by atoms with van der Waals surface area (Å²) in [5.74, 6) is 0.540. The molecule has 0 aromatic carbocycles. The zero-order valence-electron chi connectivity index (χ0n) is 8.95. The molecule has 0 atom stereocenters. The van der Waals surface area contributed by atoms with E-state index in [-0.39, 0.29) is 5.41 Å². The third-order valence-corrected chi connectivity index (χ3v) is 3.12. The summed E-state index contributed by atoms with van der Waals surface area (Å²) in [6.07, 6.45) is 1.48. The van der Waals surface area contributed by atoms with Crippen LogP contribution in [0.3, 0.4) is 0 Å². The lowest BCUT2D eigenvalue weighted by molar-refractivity contribution is 0.595. The Balaban J connectivity index is 2.88. The summed E-state index contributed by atoms with van der Waals surface area (Å²) in [4.78, 5) is 4.04. The van der Waals surface area contributed by atoms with Gasteiger partial charge in [-0.2, -0.15) is 5.10 Å². The maximum absolute atomic E-state index is 5.89. The number of anilines is 1. The minimum Gasteiger partial charge on any atom is -0.382 e. The third kappa shape index (κ3) is 1.68. The zero-order valence-corrected chi connectivity index (χ0v) is 11.1. The van der Waals surface area contributed by atoms with Gasteiger partial charge in [-0.15, -0.1) is 0 Å². The fourth-order valence-corrected chi connectivity index (χ4v) is 2.28. The predicted octanol–water partition coefficient (Wildman–Crippen LogP) is 2.21. The maximum Gasteiger partial charge on any atom is 0.151 e. The van der Waals surface area contributed by atoms with Gasteiger partial charge in [0, 0.05) is 0 Å². The molecule has 2 heterocycles. The highest BCUT2D eigenvalue weighted by Gasteiger charge is 2.22. The van der Waals surface area contributed by atoms with E-state index in [2.05, 4.69) is 59.5 Å². The van der Waals surface area contributed by atoms with Crippen LogP contribution in [0.1, 0.15) is 26.3 Å². The normalized spacial score (nSPS) is 12.3. The number of nitrogen functional groups attached to an aromatic ring is 1. The van der Waals surface area contributed by atoms with E-state index in [9.17, 15) is 0 Å². The number of nitrogens with two attached hydrogens (primary N) is 1. The number of hydrogen-bond donors (Lipinski definition) is 1. The van der Waals surface area contributed by atoms with Crippen molar-refractivity contribution >= 4 is 33.9 Å². The maximum atomic E-state index is 5.89. The van der Waals surface area contributed by atoms with Gasteiger partial charge >= 0.3 is 0 Å². The number of nitrogens with zero attached hydrogens (tertiary/aromatic N) is 3. The van der Waals surface area contributed by atoms with Crippen LogP contribution in [-0.4, -0.2) is 14.6 Å². The summed E-state index contributed by atoms with van der Waals surface area (Å²) in [6, 6.07) is 2.11. The van der Waals surface area contributed by atoms with E-state index in [4.69, 9.17) is 5.73 Å². The molecular formula is C10H13IN4. The van der Waals surface area contributed by atoms with Gasteiger partial charge in [0.25, 0.3) is 0 Å². The first-order valence-electron chi connectivity index (χ1n) is 4.69. The van der Waals surface area contributed by atoms with Crippen LogP contribution in [0.2, 0.25) is 0 Å². The first-order chi connectivity index (χ1) is 6.91. The van der Waals surface area contributed by atoms with E-state index in [0.717, 1.165) is 9.22 Å². The Hall–Kier alpha value is -0.850. The van der Waals surface area contributed by atoms with Gasteiger partial charge in [-0.05, 0) is 39.6 Å². The summed E-state index contributed by atoms with van der Waals surface area (Å²) < 4.78 is 2.89. The standard InChI is InChI=1S/C10H13IN4/c1-10(2,3)6-4-7(11)15-8(6)9(12)13-5-14-15/h4-5H,1-3H3,(H2,12,13,14). The highest BCUT2D eigenvalue weighted by atomic mass is 127. The summed E-state index contributed by atoms with van der Waals surface area (Å²) >= 11 is 2.25. The largest absolute Gasteiger partial charge is 0.382 e. The van der Waals surface area contributed by atoms with Gasteiger partial charge < -0.3 is 5.73 Å². The van der Waals surface area contributed by atoms with E-state index < -0.39 is 0 Å². The van der Waals surface area contributed by atoms with Gasteiger partial charge in [-0.1, -0.05) is 20.8 Å². The Bertz CT molecular complexity index is 510. The molecule has 80 valence electrons. The van der Waals surface area contributed by atoms with Gasteiger partial charge in [-0.25, -0.2) is 9.50 Å². The fourth-order valence-electron chi connectivity index (χ4n) is 1.60. The zero-order chi connectivity index (χ0) is 11.2. The van der Waals surface area contributed by atoms with E-state index in [0.29, 0.717) is 5.82 Å². The molecule has 0 aliphatic heterocycles. The summed E-state index contributed by atoms with van der Waals surface area (Å²) in [5.41, 5.74) is 8.05. The second-order valence-electron chi connectivity index (χ2n) is 4.54. The van der Waals surface area contributed by atoms with E-state index in [1.807, 2.05) is 4.52 Å². The molecule has 0 amide bonds. The minimum absolute atomic E-state index is 0.0491. The molecule has 0 spiro atoms. The second-order valence-corrected chi connectivity index (χ2v) is 5.64. The number of rotatable bonds is 0. The van der Waals surface area contributed by atoms with Crippen molar-refractivity contribution in [2.24, 2.45) is 0 Å². The lowest BCUT2D eigenvalue weighted by atomic mass is 9.88. The van der Waals surface area contributed by atoms with Crippen molar-refractivity contribution in [3.05, 3.63) is 21.7 Å². The Morgan fingerprint density at radius 2 is 2.07 bits per heavy atom. The highest BCUT2D eigenvalue weighted by Crippen LogP contribution is 2.31. The molecule has 0 bridgehead atoms. The van der Waals surface area contributed by atoms with Crippen LogP contribution < -0.4 is 5.73 Å². The average Bonchev–Trinajstić information content (AvgIpc) is 2.45. The van der Waals surface area contributed by atoms with Crippen LogP contribution >= 0.6 is 22.6 Å². The van der Waals surface area contributed by atoms with Gasteiger partial charge in [0.1, 0.15) is 15.5 Å². The molecule has 0 radical (unpaired) electrons. The Labute approximate surface area is 102 Å². The van der Waals surface area contributed by atoms with Crippen LogP contribution in [0.4, 0.5) is 5.82 Å². The monoisotopic (exact) mass is 316 g/mol. The lowest BCUT2D eigenvalue weighted by Crippen LogP contribution is -2.12. The summed E-state index contributed by atoms with van der Waals surface area (Å²) in [5, 5.41) is 4.19. The molecule has 2 rings (SSSR count). The summed E-state index contributed by atoms with van der Waals surface area (Å²) in [7, 11) is 0. The van der Waals surface area contributed by atoms with Crippen LogP contribution in [0.25, 0.3) is 5.52 Å². The van der Waals surface area contributed by atoms with Crippen molar-refractivity contribution in [2.75, 3.05) is 5.73 Å². The highest BCUT2D eigenvalue weighted by molar-refractivity contribution is 14.1. The number of halogens is 1. The minimum atomic E-state index is 0.0491. The predicted molar refractivity (Wildman–Crippen MR) is 68.8 cm³/mol. The van der Waals surface area contributed by atoms with Gasteiger partial charge in [-0.3, -0.25) is 0 Å². The van der Waals surface area contributed by atoms with Crippen molar-refractivity contribution in [2.45, 2.75) is 26.2 Å². The van der Waals surface area contributed by atoms with Crippen LogP contribution in [0.15, 0.2) is 12.4 Å². The van der Waals surface area contributed by atoms with Gasteiger partial charge in [0.2, 0.25) is 0 Å². The molecular weight excluding hydrogens is 303 g/mol. The smallest absolute Gasteiger partial charge is 0.151 e. The lowest BCUT2D eigenvalue weighted by Gasteiger charge is -2.17. The molecule has 0 saturated heterocycles. The van der Waals surface area contributed by atoms with E-state index in [1.54, 1.807) is 0 Å². The molecule has 0 fully saturated rings. The molecule has 0 aliphatic carbocycles. The van der Waals surface area contributed by atoms with Crippen LogP contribution in [0, 0.1) is 3.70 Å². The Morgan fingerprint density at radius 3 is 2.67 bits per heavy atom. The molecule has 15 heavy (non-hydrogen) atoms. The molecule has 5 heteroatoms. The van der Waals surface area contributed by atoms with Crippen molar-refractivity contribution in [1.29, 1.82) is 0 Å². The number of hydrogen-bond acceptors (Lipinski definition) is 3. The first-order valence-corrected chi connectivity index (χ1v) is 5.77. The second kappa shape index (κ2) is 3.33.